The number of aliphatic hydroxyl groups is 2. The van der Waals surface area contributed by atoms with Gasteiger partial charge in [0.15, 0.2) is 6.10 Å². The molecule has 0 aliphatic heterocycles. The van der Waals surface area contributed by atoms with E-state index >= 15 is 0 Å². The summed E-state index contributed by atoms with van der Waals surface area (Å²) in [5.41, 5.74) is 1.04. The summed E-state index contributed by atoms with van der Waals surface area (Å²) in [5.74, 6) is 0. The third kappa shape index (κ3) is 2.58. The van der Waals surface area contributed by atoms with Crippen LogP contribution in [0, 0.1) is 11.3 Å². The van der Waals surface area contributed by atoms with Crippen molar-refractivity contribution >= 4 is 11.0 Å². The number of aliphatic hydroxyl groups excluding tert-OH is 1. The van der Waals surface area contributed by atoms with Gasteiger partial charge in [0.25, 0.3) is 0 Å². The molecule has 0 aromatic carbocycles. The minimum absolute atomic E-state index is 0.543. The molecule has 1 saturated carbocycles. The van der Waals surface area contributed by atoms with Gasteiger partial charge in [0.1, 0.15) is 18.0 Å². The molecule has 3 heterocycles. The maximum atomic E-state index is 10.9. The van der Waals surface area contributed by atoms with Crippen LogP contribution in [0.15, 0.2) is 31.0 Å². The van der Waals surface area contributed by atoms with Crippen LogP contribution < -0.4 is 0 Å². The van der Waals surface area contributed by atoms with Crippen molar-refractivity contribution in [2.75, 3.05) is 0 Å². The van der Waals surface area contributed by atoms with Crippen LogP contribution in [0.25, 0.3) is 22.3 Å². The Hall–Kier alpha value is -2.76. The van der Waals surface area contributed by atoms with E-state index in [4.69, 9.17) is 0 Å². The monoisotopic (exact) mass is 338 g/mol. The van der Waals surface area contributed by atoms with Crippen LogP contribution in [0.2, 0.25) is 0 Å². The van der Waals surface area contributed by atoms with Crippen molar-refractivity contribution in [3.05, 3.63) is 31.0 Å². The Kier molecular flexibility index (Phi) is 3.75. The molecule has 25 heavy (non-hydrogen) atoms. The van der Waals surface area contributed by atoms with E-state index in [0.29, 0.717) is 18.5 Å². The van der Waals surface area contributed by atoms with Gasteiger partial charge in [-0.15, -0.1) is 0 Å². The summed E-state index contributed by atoms with van der Waals surface area (Å²) >= 11 is 0. The molecule has 3 aromatic heterocycles. The first-order valence-electron chi connectivity index (χ1n) is 8.25. The lowest BCUT2D eigenvalue weighted by Gasteiger charge is -2.33. The predicted octanol–water partition coefficient (Wildman–Crippen LogP) is 1.55. The van der Waals surface area contributed by atoms with Crippen LogP contribution in [0.5, 0.6) is 0 Å². The van der Waals surface area contributed by atoms with Crippen LogP contribution >= 0.6 is 0 Å². The minimum atomic E-state index is -1.34. The number of nitrogens with one attached hydrogen (secondary N) is 1. The summed E-state index contributed by atoms with van der Waals surface area (Å²) in [7, 11) is 0. The van der Waals surface area contributed by atoms with Gasteiger partial charge in [-0.25, -0.2) is 9.97 Å². The van der Waals surface area contributed by atoms with Gasteiger partial charge in [-0.1, -0.05) is 12.8 Å². The molecule has 0 spiro atoms. The minimum Gasteiger partial charge on any atom is -0.388 e. The van der Waals surface area contributed by atoms with E-state index in [-0.39, 0.29) is 0 Å². The van der Waals surface area contributed by atoms with Gasteiger partial charge in [0.2, 0.25) is 0 Å². The Bertz CT molecular complexity index is 934. The van der Waals surface area contributed by atoms with Crippen molar-refractivity contribution in [1.82, 2.24) is 24.7 Å². The van der Waals surface area contributed by atoms with Crippen LogP contribution in [0.3, 0.4) is 0 Å². The lowest BCUT2D eigenvalue weighted by Crippen LogP contribution is -2.43. The van der Waals surface area contributed by atoms with Gasteiger partial charge in [-0.05, 0) is 18.9 Å². The van der Waals surface area contributed by atoms with Crippen molar-refractivity contribution in [2.24, 2.45) is 0 Å². The van der Waals surface area contributed by atoms with Crippen LogP contribution in [-0.2, 0) is 0 Å². The van der Waals surface area contributed by atoms with Crippen molar-refractivity contribution < 1.29 is 10.2 Å². The van der Waals surface area contributed by atoms with Crippen molar-refractivity contribution in [3.63, 3.8) is 0 Å². The molecule has 0 radical (unpaired) electrons. The molecular weight excluding hydrogens is 320 g/mol. The second-order valence-electron chi connectivity index (χ2n) is 6.50. The van der Waals surface area contributed by atoms with Gasteiger partial charge in [0.05, 0.1) is 23.6 Å². The number of aromatic amines is 1. The van der Waals surface area contributed by atoms with Crippen LogP contribution in [0.4, 0.5) is 0 Å². The topological polar surface area (TPSA) is 124 Å². The summed E-state index contributed by atoms with van der Waals surface area (Å²) in [6.45, 7) is 0. The summed E-state index contributed by atoms with van der Waals surface area (Å²) in [5, 5.41) is 35.5. The summed E-state index contributed by atoms with van der Waals surface area (Å²) < 4.78 is 1.50. The smallest absolute Gasteiger partial charge is 0.165 e. The Morgan fingerprint density at radius 3 is 2.88 bits per heavy atom. The quantitative estimate of drug-likeness (QED) is 0.620. The second-order valence-corrected chi connectivity index (χ2v) is 6.50. The van der Waals surface area contributed by atoms with Crippen molar-refractivity contribution in [1.29, 1.82) is 5.26 Å². The number of hydrogen-bond acceptors (Lipinski definition) is 6. The maximum Gasteiger partial charge on any atom is 0.165 e. The number of rotatable bonds is 4. The molecule has 128 valence electrons. The van der Waals surface area contributed by atoms with Gasteiger partial charge in [0, 0.05) is 23.3 Å². The van der Waals surface area contributed by atoms with E-state index in [2.05, 4.69) is 20.1 Å². The second kappa shape index (κ2) is 5.95. The van der Waals surface area contributed by atoms with Gasteiger partial charge >= 0.3 is 0 Å². The van der Waals surface area contributed by atoms with E-state index in [9.17, 15) is 15.5 Å². The molecule has 0 saturated heterocycles. The first-order valence-corrected chi connectivity index (χ1v) is 8.25. The summed E-state index contributed by atoms with van der Waals surface area (Å²) in [6, 6.07) is 2.92. The van der Waals surface area contributed by atoms with E-state index in [1.807, 2.05) is 12.1 Å². The molecule has 1 fully saturated rings. The molecule has 3 N–H and O–H groups in total. The fourth-order valence-electron chi connectivity index (χ4n) is 3.75. The molecule has 3 aromatic rings. The Morgan fingerprint density at radius 2 is 2.12 bits per heavy atom. The van der Waals surface area contributed by atoms with Gasteiger partial charge in [-0.3, -0.25) is 4.68 Å². The number of nitriles is 1. The zero-order chi connectivity index (χ0) is 17.4. The third-order valence-corrected chi connectivity index (χ3v) is 4.97. The van der Waals surface area contributed by atoms with E-state index in [1.54, 1.807) is 18.6 Å². The Morgan fingerprint density at radius 1 is 1.32 bits per heavy atom. The van der Waals surface area contributed by atoms with Gasteiger partial charge < -0.3 is 15.2 Å². The zero-order valence-corrected chi connectivity index (χ0v) is 13.5. The molecule has 2 unspecified atom stereocenters. The number of nitrogens with zero attached hydrogens (tertiary/aromatic N) is 5. The van der Waals surface area contributed by atoms with Crippen molar-refractivity contribution in [2.45, 2.75) is 43.4 Å². The molecule has 8 heteroatoms. The number of H-pyrrole nitrogens is 1. The molecule has 4 rings (SSSR count). The molecule has 1 aliphatic rings. The highest BCUT2D eigenvalue weighted by atomic mass is 16.3. The summed E-state index contributed by atoms with van der Waals surface area (Å²) in [6.07, 6.45) is 8.09. The average molecular weight is 338 g/mol. The first kappa shape index (κ1) is 15.7. The normalized spacial score (nSPS) is 18.9. The average Bonchev–Trinajstić information content (AvgIpc) is 3.35. The van der Waals surface area contributed by atoms with Crippen LogP contribution in [0.1, 0.15) is 31.7 Å². The van der Waals surface area contributed by atoms with E-state index in [1.165, 1.54) is 11.0 Å². The van der Waals surface area contributed by atoms with E-state index < -0.39 is 17.7 Å². The molecule has 8 nitrogen and oxygen atoms in total. The third-order valence-electron chi connectivity index (χ3n) is 4.97. The number of hydrogen-bond donors (Lipinski definition) is 3. The number of aromatic nitrogens is 5. The largest absolute Gasteiger partial charge is 0.388 e. The predicted molar refractivity (Wildman–Crippen MR) is 89.2 cm³/mol. The SMILES string of the molecule is N#CC(O)C(n1cc(-c2ncnc3[nH]ccc23)cn1)C1(O)CCCC1. The lowest BCUT2D eigenvalue weighted by molar-refractivity contribution is -0.0484. The highest BCUT2D eigenvalue weighted by Crippen LogP contribution is 2.40. The highest BCUT2D eigenvalue weighted by Gasteiger charge is 2.45. The fraction of sp³-hybridized carbons (Fsp3) is 0.412. The lowest BCUT2D eigenvalue weighted by atomic mass is 9.89. The Balaban J connectivity index is 1.76. The molecule has 1 aliphatic carbocycles. The molecule has 0 bridgehead atoms. The first-order chi connectivity index (χ1) is 12.1. The fourth-order valence-corrected chi connectivity index (χ4v) is 3.75. The van der Waals surface area contributed by atoms with Gasteiger partial charge in [-0.2, -0.15) is 10.4 Å². The zero-order valence-electron chi connectivity index (χ0n) is 13.5. The number of fused-ring (bicyclic) bond motifs is 1. The molecular formula is C17H18N6O2. The highest BCUT2D eigenvalue weighted by molar-refractivity contribution is 5.89. The maximum absolute atomic E-state index is 10.9. The standard InChI is InChI=1S/C17H18N6O2/c18-7-13(24)15(17(25)4-1-2-5-17)23-9-11(8-22-23)14-12-3-6-19-16(12)21-10-20-14/h3,6,8-10,13,15,24-25H,1-2,4-5H2,(H,19,20,21). The van der Waals surface area contributed by atoms with Crippen LogP contribution in [-0.4, -0.2) is 46.7 Å². The summed E-state index contributed by atoms with van der Waals surface area (Å²) in [4.78, 5) is 11.5. The van der Waals surface area contributed by atoms with Crippen molar-refractivity contribution in [3.8, 4) is 17.3 Å². The molecule has 0 amide bonds. The van der Waals surface area contributed by atoms with E-state index in [0.717, 1.165) is 29.4 Å². The Labute approximate surface area is 143 Å². The molecule has 2 atom stereocenters.